The Kier molecular flexibility index (Phi) is 9.01. The standard InChI is InChI=1S/C30H34F2N6O3/c1-39-25-16-22(37-12-8-21(9-13-37)38-14-10-33-11-15-38)5-7-24(25)36-30-34-18-20(19-35-30)4-6-23-28(31)26(40-2)17-27(41-3)29(23)32/h5,7,16-19,21,33H,8-15H2,1-3H3,(H,34,35,36). The minimum absolute atomic E-state index is 0.164. The van der Waals surface area contributed by atoms with Crippen LogP contribution >= 0.6 is 0 Å². The molecule has 0 unspecified atom stereocenters. The number of hydrogen-bond donors (Lipinski definition) is 2. The maximum absolute atomic E-state index is 14.6. The molecule has 41 heavy (non-hydrogen) atoms. The normalized spacial score (nSPS) is 16.1. The molecular weight excluding hydrogens is 530 g/mol. The molecule has 1 aromatic heterocycles. The van der Waals surface area contributed by atoms with Crippen LogP contribution in [0.2, 0.25) is 0 Å². The number of nitrogens with zero attached hydrogens (tertiary/aromatic N) is 4. The van der Waals surface area contributed by atoms with E-state index in [4.69, 9.17) is 14.2 Å². The quantitative estimate of drug-likeness (QED) is 0.417. The van der Waals surface area contributed by atoms with E-state index in [1.807, 2.05) is 12.1 Å². The molecule has 2 aliphatic heterocycles. The Morgan fingerprint density at radius 2 is 1.49 bits per heavy atom. The van der Waals surface area contributed by atoms with E-state index < -0.39 is 17.2 Å². The van der Waals surface area contributed by atoms with Crippen molar-refractivity contribution in [2.75, 3.05) is 70.8 Å². The third-order valence-corrected chi connectivity index (χ3v) is 7.49. The van der Waals surface area contributed by atoms with Gasteiger partial charge in [-0.3, -0.25) is 4.90 Å². The molecule has 0 saturated carbocycles. The van der Waals surface area contributed by atoms with Gasteiger partial charge in [0.05, 0.1) is 32.6 Å². The van der Waals surface area contributed by atoms with E-state index >= 15 is 0 Å². The molecule has 11 heteroatoms. The summed E-state index contributed by atoms with van der Waals surface area (Å²) < 4.78 is 44.8. The van der Waals surface area contributed by atoms with Gasteiger partial charge in [-0.2, -0.15) is 0 Å². The number of benzene rings is 2. The molecule has 2 saturated heterocycles. The number of anilines is 3. The number of rotatable bonds is 7. The summed E-state index contributed by atoms with van der Waals surface area (Å²) in [7, 11) is 4.20. The third kappa shape index (κ3) is 6.45. The summed E-state index contributed by atoms with van der Waals surface area (Å²) >= 11 is 0. The van der Waals surface area contributed by atoms with Crippen LogP contribution in [0.4, 0.5) is 26.1 Å². The average molecular weight is 565 g/mol. The lowest BCUT2D eigenvalue weighted by Crippen LogP contribution is -2.52. The summed E-state index contributed by atoms with van der Waals surface area (Å²) in [5.41, 5.74) is 1.76. The van der Waals surface area contributed by atoms with Crippen molar-refractivity contribution in [3.8, 4) is 29.1 Å². The summed E-state index contributed by atoms with van der Waals surface area (Å²) in [5, 5.41) is 6.60. The van der Waals surface area contributed by atoms with E-state index in [0.29, 0.717) is 23.3 Å². The fourth-order valence-electron chi connectivity index (χ4n) is 5.22. The predicted molar refractivity (Wildman–Crippen MR) is 153 cm³/mol. The fraction of sp³-hybridized carbons (Fsp3) is 0.400. The van der Waals surface area contributed by atoms with Crippen molar-refractivity contribution in [2.24, 2.45) is 0 Å². The van der Waals surface area contributed by atoms with Crippen LogP contribution in [0.5, 0.6) is 17.2 Å². The lowest BCUT2D eigenvalue weighted by Gasteiger charge is -2.41. The molecule has 2 aliphatic rings. The van der Waals surface area contributed by atoms with Gasteiger partial charge in [0, 0.05) is 75.5 Å². The van der Waals surface area contributed by atoms with Crippen LogP contribution in [0.15, 0.2) is 36.7 Å². The van der Waals surface area contributed by atoms with Crippen molar-refractivity contribution in [3.05, 3.63) is 59.4 Å². The second-order valence-corrected chi connectivity index (χ2v) is 9.84. The number of nitrogens with one attached hydrogen (secondary N) is 2. The average Bonchev–Trinajstić information content (AvgIpc) is 3.02. The molecule has 0 spiro atoms. The minimum atomic E-state index is -0.906. The highest BCUT2D eigenvalue weighted by Gasteiger charge is 2.26. The van der Waals surface area contributed by atoms with Gasteiger partial charge >= 0.3 is 0 Å². The van der Waals surface area contributed by atoms with Crippen LogP contribution in [0.1, 0.15) is 24.0 Å². The van der Waals surface area contributed by atoms with Gasteiger partial charge in [0.15, 0.2) is 23.1 Å². The molecule has 3 aromatic rings. The van der Waals surface area contributed by atoms with E-state index in [9.17, 15) is 8.78 Å². The number of halogens is 2. The van der Waals surface area contributed by atoms with Gasteiger partial charge < -0.3 is 29.7 Å². The van der Waals surface area contributed by atoms with E-state index in [1.54, 1.807) is 7.11 Å². The summed E-state index contributed by atoms with van der Waals surface area (Å²) in [4.78, 5) is 13.6. The van der Waals surface area contributed by atoms with Crippen molar-refractivity contribution in [1.29, 1.82) is 0 Å². The first-order valence-corrected chi connectivity index (χ1v) is 13.6. The predicted octanol–water partition coefficient (Wildman–Crippen LogP) is 3.80. The molecule has 5 rings (SSSR count). The number of piperidine rings is 1. The van der Waals surface area contributed by atoms with Crippen LogP contribution in [-0.2, 0) is 0 Å². The Morgan fingerprint density at radius 3 is 2.10 bits per heavy atom. The smallest absolute Gasteiger partial charge is 0.227 e. The number of piperazine rings is 1. The van der Waals surface area contributed by atoms with Gasteiger partial charge in [0.25, 0.3) is 0 Å². The Hall–Kier alpha value is -4.14. The van der Waals surface area contributed by atoms with E-state index in [1.165, 1.54) is 26.6 Å². The Bertz CT molecular complexity index is 1380. The molecule has 0 aliphatic carbocycles. The molecule has 2 fully saturated rings. The maximum Gasteiger partial charge on any atom is 0.227 e. The molecule has 2 aromatic carbocycles. The first-order valence-electron chi connectivity index (χ1n) is 13.6. The molecule has 0 radical (unpaired) electrons. The van der Waals surface area contributed by atoms with Gasteiger partial charge in [0.1, 0.15) is 11.3 Å². The number of methoxy groups -OCH3 is 3. The molecular formula is C30H34F2N6O3. The summed E-state index contributed by atoms with van der Waals surface area (Å²) in [6.45, 7) is 6.42. The van der Waals surface area contributed by atoms with E-state index in [2.05, 4.69) is 48.3 Å². The van der Waals surface area contributed by atoms with Gasteiger partial charge in [-0.05, 0) is 25.0 Å². The molecule has 0 bridgehead atoms. The van der Waals surface area contributed by atoms with Gasteiger partial charge in [-0.1, -0.05) is 11.8 Å². The van der Waals surface area contributed by atoms with Crippen molar-refractivity contribution < 1.29 is 23.0 Å². The largest absolute Gasteiger partial charge is 0.494 e. The van der Waals surface area contributed by atoms with Crippen LogP contribution < -0.4 is 29.7 Å². The highest BCUT2D eigenvalue weighted by molar-refractivity contribution is 5.68. The monoisotopic (exact) mass is 564 g/mol. The van der Waals surface area contributed by atoms with Crippen molar-refractivity contribution in [2.45, 2.75) is 18.9 Å². The van der Waals surface area contributed by atoms with Crippen LogP contribution in [0.25, 0.3) is 0 Å². The second-order valence-electron chi connectivity index (χ2n) is 9.84. The number of hydrogen-bond acceptors (Lipinski definition) is 9. The molecule has 2 N–H and O–H groups in total. The van der Waals surface area contributed by atoms with Crippen LogP contribution in [-0.4, -0.2) is 81.5 Å². The first kappa shape index (κ1) is 28.4. The van der Waals surface area contributed by atoms with Gasteiger partial charge in [-0.15, -0.1) is 0 Å². The lowest BCUT2D eigenvalue weighted by atomic mass is 10.0. The van der Waals surface area contributed by atoms with Crippen LogP contribution in [0, 0.1) is 23.5 Å². The van der Waals surface area contributed by atoms with Gasteiger partial charge in [-0.25, -0.2) is 18.7 Å². The first-order chi connectivity index (χ1) is 20.0. The number of aromatic nitrogens is 2. The number of ether oxygens (including phenoxy) is 3. The fourth-order valence-corrected chi connectivity index (χ4v) is 5.22. The highest BCUT2D eigenvalue weighted by atomic mass is 19.1. The topological polar surface area (TPSA) is 84.0 Å². The third-order valence-electron chi connectivity index (χ3n) is 7.49. The molecule has 0 atom stereocenters. The molecule has 3 heterocycles. The van der Waals surface area contributed by atoms with Crippen molar-refractivity contribution in [3.63, 3.8) is 0 Å². The summed E-state index contributed by atoms with van der Waals surface area (Å²) in [6.07, 6.45) is 5.24. The lowest BCUT2D eigenvalue weighted by molar-refractivity contribution is 0.150. The second kappa shape index (κ2) is 13.0. The van der Waals surface area contributed by atoms with Crippen molar-refractivity contribution >= 4 is 17.3 Å². The minimum Gasteiger partial charge on any atom is -0.494 e. The van der Waals surface area contributed by atoms with E-state index in [0.717, 1.165) is 69.6 Å². The Labute approximate surface area is 238 Å². The van der Waals surface area contributed by atoms with E-state index in [-0.39, 0.29) is 11.5 Å². The Morgan fingerprint density at radius 1 is 0.854 bits per heavy atom. The maximum atomic E-state index is 14.6. The van der Waals surface area contributed by atoms with Gasteiger partial charge in [0.2, 0.25) is 5.95 Å². The Balaban J connectivity index is 1.24. The zero-order chi connectivity index (χ0) is 28.8. The molecule has 0 amide bonds. The van der Waals surface area contributed by atoms with Crippen molar-refractivity contribution in [1.82, 2.24) is 20.2 Å². The highest BCUT2D eigenvalue weighted by Crippen LogP contribution is 2.33. The van der Waals surface area contributed by atoms with Crippen LogP contribution in [0.3, 0.4) is 0 Å². The zero-order valence-electron chi connectivity index (χ0n) is 23.5. The zero-order valence-corrected chi connectivity index (χ0v) is 23.5. The summed E-state index contributed by atoms with van der Waals surface area (Å²) in [5.74, 6) is 4.07. The summed E-state index contributed by atoms with van der Waals surface area (Å²) in [6, 6.07) is 7.84. The molecule has 216 valence electrons. The molecule has 9 nitrogen and oxygen atoms in total. The SMILES string of the molecule is COc1cc(N2CCC(N3CCNCC3)CC2)ccc1Nc1ncc(C#Cc2c(F)c(OC)cc(OC)c2F)cn1.